The number of aromatic amines is 1. The van der Waals surface area contributed by atoms with E-state index in [2.05, 4.69) is 9.97 Å². The minimum atomic E-state index is 0.0197. The predicted octanol–water partition coefficient (Wildman–Crippen LogP) is 2.86. The number of nitrogens with one attached hydrogen (secondary N) is 1. The van der Waals surface area contributed by atoms with Crippen molar-refractivity contribution in [2.24, 2.45) is 0 Å². The first-order valence-corrected chi connectivity index (χ1v) is 7.28. The highest BCUT2D eigenvalue weighted by atomic mass is 32.2. The smallest absolute Gasteiger partial charge is 0.259 e. The van der Waals surface area contributed by atoms with Gasteiger partial charge in [-0.15, -0.1) is 11.3 Å². The number of thioether (sulfide) groups is 1. The Morgan fingerprint density at radius 2 is 2.44 bits per heavy atom. The van der Waals surface area contributed by atoms with Gasteiger partial charge in [0.25, 0.3) is 5.56 Å². The molecule has 1 fully saturated rings. The van der Waals surface area contributed by atoms with Crippen molar-refractivity contribution >= 4 is 33.3 Å². The lowest BCUT2D eigenvalue weighted by Crippen LogP contribution is -2.12. The summed E-state index contributed by atoms with van der Waals surface area (Å²) >= 11 is 3.45. The van der Waals surface area contributed by atoms with E-state index >= 15 is 0 Å². The minimum Gasteiger partial charge on any atom is -0.309 e. The van der Waals surface area contributed by atoms with Gasteiger partial charge in [0.2, 0.25) is 0 Å². The van der Waals surface area contributed by atoms with Crippen LogP contribution in [0.1, 0.15) is 29.5 Å². The Balaban J connectivity index is 2.17. The number of nitrogens with zero attached hydrogens (tertiary/aromatic N) is 1. The first-order chi connectivity index (χ1) is 7.75. The molecule has 1 aliphatic heterocycles. The third kappa shape index (κ3) is 1.58. The molecule has 3 rings (SSSR count). The van der Waals surface area contributed by atoms with Gasteiger partial charge in [-0.2, -0.15) is 11.8 Å². The Bertz CT molecular complexity index is 581. The maximum Gasteiger partial charge on any atom is 0.259 e. The van der Waals surface area contributed by atoms with Crippen LogP contribution in [0, 0.1) is 6.92 Å². The van der Waals surface area contributed by atoms with Crippen molar-refractivity contribution in [2.45, 2.75) is 25.0 Å². The van der Waals surface area contributed by atoms with Crippen molar-refractivity contribution in [3.8, 4) is 0 Å². The lowest BCUT2D eigenvalue weighted by Gasteiger charge is -2.06. The maximum atomic E-state index is 11.9. The van der Waals surface area contributed by atoms with Gasteiger partial charge in [0, 0.05) is 0 Å². The van der Waals surface area contributed by atoms with E-state index in [1.165, 1.54) is 12.2 Å². The molecule has 2 aromatic heterocycles. The first kappa shape index (κ1) is 10.4. The SMILES string of the molecule is Cc1csc2nc(C3CCCS3)[nH]c(=O)c12. The Kier molecular flexibility index (Phi) is 2.52. The number of rotatable bonds is 1. The molecule has 0 amide bonds. The van der Waals surface area contributed by atoms with Gasteiger partial charge in [0.15, 0.2) is 0 Å². The van der Waals surface area contributed by atoms with Crippen molar-refractivity contribution in [2.75, 3.05) is 5.75 Å². The summed E-state index contributed by atoms with van der Waals surface area (Å²) in [7, 11) is 0. The van der Waals surface area contributed by atoms with Crippen LogP contribution in [0.3, 0.4) is 0 Å². The summed E-state index contributed by atoms with van der Waals surface area (Å²) in [5.41, 5.74) is 1.05. The fraction of sp³-hybridized carbons (Fsp3) is 0.455. The third-order valence-electron chi connectivity index (χ3n) is 2.88. The van der Waals surface area contributed by atoms with Gasteiger partial charge in [0.1, 0.15) is 10.7 Å². The molecule has 3 nitrogen and oxygen atoms in total. The second-order valence-electron chi connectivity index (χ2n) is 4.05. The molecular formula is C11H12N2OS2. The van der Waals surface area contributed by atoms with E-state index in [1.807, 2.05) is 24.1 Å². The van der Waals surface area contributed by atoms with E-state index in [9.17, 15) is 4.79 Å². The van der Waals surface area contributed by atoms with Gasteiger partial charge in [-0.1, -0.05) is 0 Å². The van der Waals surface area contributed by atoms with Crippen LogP contribution in [0.25, 0.3) is 10.2 Å². The summed E-state index contributed by atoms with van der Waals surface area (Å²) in [5.74, 6) is 2.04. The number of aromatic nitrogens is 2. The standard InChI is InChI=1S/C11H12N2OS2/c1-6-5-16-11-8(6)10(14)12-9(13-11)7-3-2-4-15-7/h5,7H,2-4H2,1H3,(H,12,13,14). The largest absolute Gasteiger partial charge is 0.309 e. The zero-order valence-corrected chi connectivity index (χ0v) is 10.6. The normalized spacial score (nSPS) is 20.7. The third-order valence-corrected chi connectivity index (χ3v) is 5.26. The van der Waals surface area contributed by atoms with E-state index in [0.717, 1.165) is 28.0 Å². The number of hydrogen-bond donors (Lipinski definition) is 1. The summed E-state index contributed by atoms with van der Waals surface area (Å²) in [6.07, 6.45) is 2.35. The van der Waals surface area contributed by atoms with Crippen LogP contribution in [0.4, 0.5) is 0 Å². The van der Waals surface area contributed by atoms with Gasteiger partial charge >= 0.3 is 0 Å². The zero-order chi connectivity index (χ0) is 11.1. The number of hydrogen-bond acceptors (Lipinski definition) is 4. The van der Waals surface area contributed by atoms with Gasteiger partial charge in [-0.3, -0.25) is 4.79 Å². The van der Waals surface area contributed by atoms with Crippen molar-refractivity contribution < 1.29 is 0 Å². The molecule has 1 saturated heterocycles. The number of aryl methyl sites for hydroxylation is 1. The zero-order valence-electron chi connectivity index (χ0n) is 8.95. The second kappa shape index (κ2) is 3.89. The van der Waals surface area contributed by atoms with Crippen LogP contribution in [0.5, 0.6) is 0 Å². The van der Waals surface area contributed by atoms with E-state index in [1.54, 1.807) is 11.3 Å². The summed E-state index contributed by atoms with van der Waals surface area (Å²) in [4.78, 5) is 20.3. The molecule has 0 bridgehead atoms. The lowest BCUT2D eigenvalue weighted by molar-refractivity contribution is 0.779. The Hall–Kier alpha value is -0.810. The van der Waals surface area contributed by atoms with E-state index in [-0.39, 0.29) is 5.56 Å². The summed E-state index contributed by atoms with van der Waals surface area (Å²) in [6.45, 7) is 1.96. The molecule has 0 aliphatic carbocycles. The quantitative estimate of drug-likeness (QED) is 0.849. The second-order valence-corrected chi connectivity index (χ2v) is 6.22. The Morgan fingerprint density at radius 1 is 1.56 bits per heavy atom. The highest BCUT2D eigenvalue weighted by molar-refractivity contribution is 7.99. The number of thiophene rings is 1. The molecule has 1 aliphatic rings. The lowest BCUT2D eigenvalue weighted by atomic mass is 10.2. The van der Waals surface area contributed by atoms with Crippen LogP contribution in [-0.2, 0) is 0 Å². The number of H-pyrrole nitrogens is 1. The molecule has 1 atom stereocenters. The molecule has 0 aromatic carbocycles. The molecule has 2 aromatic rings. The highest BCUT2D eigenvalue weighted by Gasteiger charge is 2.21. The molecule has 16 heavy (non-hydrogen) atoms. The van der Waals surface area contributed by atoms with Gasteiger partial charge in [-0.25, -0.2) is 4.98 Å². The van der Waals surface area contributed by atoms with Gasteiger partial charge in [-0.05, 0) is 36.5 Å². The van der Waals surface area contributed by atoms with Crippen molar-refractivity contribution in [1.82, 2.24) is 9.97 Å². The Labute approximate surface area is 101 Å². The Morgan fingerprint density at radius 3 is 3.19 bits per heavy atom. The molecule has 0 spiro atoms. The van der Waals surface area contributed by atoms with Crippen molar-refractivity contribution in [1.29, 1.82) is 0 Å². The molecular weight excluding hydrogens is 240 g/mol. The topological polar surface area (TPSA) is 45.8 Å². The average molecular weight is 252 g/mol. The fourth-order valence-corrected chi connectivity index (χ4v) is 4.20. The maximum absolute atomic E-state index is 11.9. The summed E-state index contributed by atoms with van der Waals surface area (Å²) in [5, 5.41) is 3.15. The van der Waals surface area contributed by atoms with Crippen molar-refractivity contribution in [3.05, 3.63) is 27.1 Å². The predicted molar refractivity (Wildman–Crippen MR) is 69.4 cm³/mol. The average Bonchev–Trinajstić information content (AvgIpc) is 2.87. The highest BCUT2D eigenvalue weighted by Crippen LogP contribution is 2.38. The molecule has 1 N–H and O–H groups in total. The van der Waals surface area contributed by atoms with Gasteiger partial charge in [0.05, 0.1) is 10.6 Å². The molecule has 1 unspecified atom stereocenters. The molecule has 0 saturated carbocycles. The molecule has 0 radical (unpaired) electrons. The molecule has 5 heteroatoms. The van der Waals surface area contributed by atoms with Crippen LogP contribution < -0.4 is 5.56 Å². The van der Waals surface area contributed by atoms with Gasteiger partial charge < -0.3 is 4.98 Å². The van der Waals surface area contributed by atoms with E-state index < -0.39 is 0 Å². The van der Waals surface area contributed by atoms with E-state index in [4.69, 9.17) is 0 Å². The minimum absolute atomic E-state index is 0.0197. The van der Waals surface area contributed by atoms with Crippen LogP contribution in [0.15, 0.2) is 10.2 Å². The van der Waals surface area contributed by atoms with Crippen LogP contribution >= 0.6 is 23.1 Å². The monoisotopic (exact) mass is 252 g/mol. The number of fused-ring (bicyclic) bond motifs is 1. The van der Waals surface area contributed by atoms with Crippen LogP contribution in [-0.4, -0.2) is 15.7 Å². The first-order valence-electron chi connectivity index (χ1n) is 5.35. The van der Waals surface area contributed by atoms with E-state index in [0.29, 0.717) is 5.25 Å². The van der Waals surface area contributed by atoms with Crippen LogP contribution in [0.2, 0.25) is 0 Å². The fourth-order valence-electron chi connectivity index (χ4n) is 2.05. The summed E-state index contributed by atoms with van der Waals surface area (Å²) < 4.78 is 0. The molecule has 84 valence electrons. The molecule has 3 heterocycles. The summed E-state index contributed by atoms with van der Waals surface area (Å²) in [6, 6.07) is 0. The van der Waals surface area contributed by atoms with Crippen molar-refractivity contribution in [3.63, 3.8) is 0 Å².